The van der Waals surface area contributed by atoms with Crippen LogP contribution in [0.4, 0.5) is 5.69 Å². The molecule has 1 atom stereocenters. The van der Waals surface area contributed by atoms with E-state index in [-0.39, 0.29) is 10.8 Å². The van der Waals surface area contributed by atoms with Gasteiger partial charge in [-0.2, -0.15) is 4.31 Å². The molecule has 1 N–H and O–H groups in total. The molecule has 2 aromatic rings. The standard InChI is InChI=1S/C20H24N2O4S/c1-15-6-5-13-22(14-15)27(24,25)17-11-9-16(10-12-17)20(23)21-18-7-3-4-8-19(18)26-2/h3-4,7-12,15H,5-6,13-14H2,1-2H3,(H,21,23)/t15-/m0/s1. The molecule has 2 aromatic carbocycles. The van der Waals surface area contributed by atoms with E-state index >= 15 is 0 Å². The van der Waals surface area contributed by atoms with Gasteiger partial charge in [-0.05, 0) is 55.2 Å². The van der Waals surface area contributed by atoms with Crippen molar-refractivity contribution < 1.29 is 17.9 Å². The number of piperidine rings is 1. The summed E-state index contributed by atoms with van der Waals surface area (Å²) in [5.74, 6) is 0.596. The molecule has 27 heavy (non-hydrogen) atoms. The summed E-state index contributed by atoms with van der Waals surface area (Å²) in [6.45, 7) is 3.15. The third-order valence-electron chi connectivity index (χ3n) is 4.73. The molecule has 0 spiro atoms. The first-order valence-corrected chi connectivity index (χ1v) is 10.4. The van der Waals surface area contributed by atoms with Crippen LogP contribution in [-0.4, -0.2) is 38.8 Å². The van der Waals surface area contributed by atoms with Gasteiger partial charge >= 0.3 is 0 Å². The zero-order valence-corrected chi connectivity index (χ0v) is 16.3. The van der Waals surface area contributed by atoms with Gasteiger partial charge in [-0.25, -0.2) is 8.42 Å². The largest absolute Gasteiger partial charge is 0.495 e. The number of benzene rings is 2. The smallest absolute Gasteiger partial charge is 0.255 e. The van der Waals surface area contributed by atoms with Crippen LogP contribution >= 0.6 is 0 Å². The lowest BCUT2D eigenvalue weighted by molar-refractivity contribution is 0.102. The Bertz CT molecular complexity index is 910. The Morgan fingerprint density at radius 1 is 1.15 bits per heavy atom. The summed E-state index contributed by atoms with van der Waals surface area (Å²) < 4.78 is 32.3. The average molecular weight is 388 g/mol. The van der Waals surface area contributed by atoms with Gasteiger partial charge in [0.05, 0.1) is 17.7 Å². The molecule has 1 fully saturated rings. The van der Waals surface area contributed by atoms with Crippen LogP contribution in [-0.2, 0) is 10.0 Å². The highest BCUT2D eigenvalue weighted by Crippen LogP contribution is 2.25. The molecule has 7 heteroatoms. The average Bonchev–Trinajstić information content (AvgIpc) is 2.68. The third-order valence-corrected chi connectivity index (χ3v) is 6.61. The van der Waals surface area contributed by atoms with Gasteiger partial charge in [0, 0.05) is 18.7 Å². The van der Waals surface area contributed by atoms with Gasteiger partial charge in [-0.15, -0.1) is 0 Å². The normalized spacial score (nSPS) is 18.1. The molecule has 0 aromatic heterocycles. The predicted octanol–water partition coefficient (Wildman–Crippen LogP) is 3.37. The van der Waals surface area contributed by atoms with Crippen molar-refractivity contribution in [2.45, 2.75) is 24.7 Å². The van der Waals surface area contributed by atoms with Gasteiger partial charge in [-0.1, -0.05) is 19.1 Å². The molecule has 1 heterocycles. The first-order chi connectivity index (χ1) is 12.9. The monoisotopic (exact) mass is 388 g/mol. The van der Waals surface area contributed by atoms with Gasteiger partial charge in [-0.3, -0.25) is 4.79 Å². The number of nitrogens with zero attached hydrogens (tertiary/aromatic N) is 1. The molecular weight excluding hydrogens is 364 g/mol. The summed E-state index contributed by atoms with van der Waals surface area (Å²) in [7, 11) is -1.99. The maximum Gasteiger partial charge on any atom is 0.255 e. The number of sulfonamides is 1. The van der Waals surface area contributed by atoms with E-state index in [0.717, 1.165) is 12.8 Å². The summed E-state index contributed by atoms with van der Waals surface area (Å²) >= 11 is 0. The Morgan fingerprint density at radius 3 is 2.52 bits per heavy atom. The van der Waals surface area contributed by atoms with Crippen molar-refractivity contribution in [1.29, 1.82) is 0 Å². The van der Waals surface area contributed by atoms with E-state index in [2.05, 4.69) is 12.2 Å². The third kappa shape index (κ3) is 4.31. The van der Waals surface area contributed by atoms with E-state index in [0.29, 0.717) is 36.0 Å². The van der Waals surface area contributed by atoms with E-state index in [1.807, 2.05) is 6.07 Å². The number of carbonyl (C=O) groups is 1. The quantitative estimate of drug-likeness (QED) is 0.852. The highest BCUT2D eigenvalue weighted by molar-refractivity contribution is 7.89. The molecule has 1 amide bonds. The molecule has 6 nitrogen and oxygen atoms in total. The van der Waals surface area contributed by atoms with Crippen molar-refractivity contribution in [2.24, 2.45) is 5.92 Å². The van der Waals surface area contributed by atoms with Gasteiger partial charge in [0.2, 0.25) is 10.0 Å². The van der Waals surface area contributed by atoms with Crippen LogP contribution in [0.1, 0.15) is 30.1 Å². The van der Waals surface area contributed by atoms with E-state index in [4.69, 9.17) is 4.74 Å². The molecule has 0 unspecified atom stereocenters. The summed E-state index contributed by atoms with van der Waals surface area (Å²) in [5, 5.41) is 2.78. The van der Waals surface area contributed by atoms with Crippen LogP contribution in [0.3, 0.4) is 0 Å². The van der Waals surface area contributed by atoms with Crippen LogP contribution in [0.15, 0.2) is 53.4 Å². The number of para-hydroxylation sites is 2. The number of hydrogen-bond acceptors (Lipinski definition) is 4. The highest BCUT2D eigenvalue weighted by Gasteiger charge is 2.28. The zero-order valence-electron chi connectivity index (χ0n) is 15.5. The Hall–Kier alpha value is -2.38. The lowest BCUT2D eigenvalue weighted by Crippen LogP contribution is -2.39. The van der Waals surface area contributed by atoms with Crippen molar-refractivity contribution in [3.05, 3.63) is 54.1 Å². The Morgan fingerprint density at radius 2 is 1.85 bits per heavy atom. The molecule has 0 saturated carbocycles. The van der Waals surface area contributed by atoms with Crippen LogP contribution in [0.2, 0.25) is 0 Å². The summed E-state index contributed by atoms with van der Waals surface area (Å²) in [6, 6.07) is 13.2. The van der Waals surface area contributed by atoms with Crippen molar-refractivity contribution in [3.63, 3.8) is 0 Å². The van der Waals surface area contributed by atoms with Gasteiger partial charge in [0.1, 0.15) is 5.75 Å². The van der Waals surface area contributed by atoms with Crippen molar-refractivity contribution in [1.82, 2.24) is 4.31 Å². The number of anilines is 1. The molecule has 1 aliphatic heterocycles. The van der Waals surface area contributed by atoms with Crippen LogP contribution in [0, 0.1) is 5.92 Å². The number of carbonyl (C=O) groups excluding carboxylic acids is 1. The summed E-state index contributed by atoms with van der Waals surface area (Å²) in [5.41, 5.74) is 0.941. The number of methoxy groups -OCH3 is 1. The van der Waals surface area contributed by atoms with E-state index in [1.54, 1.807) is 18.2 Å². The lowest BCUT2D eigenvalue weighted by Gasteiger charge is -2.30. The van der Waals surface area contributed by atoms with Crippen molar-refractivity contribution in [2.75, 3.05) is 25.5 Å². The minimum atomic E-state index is -3.53. The molecule has 3 rings (SSSR count). The van der Waals surface area contributed by atoms with Crippen LogP contribution in [0.5, 0.6) is 5.75 Å². The fourth-order valence-corrected chi connectivity index (χ4v) is 4.83. The molecule has 1 saturated heterocycles. The number of rotatable bonds is 5. The second-order valence-electron chi connectivity index (χ2n) is 6.79. The lowest BCUT2D eigenvalue weighted by atomic mass is 10.0. The summed E-state index contributed by atoms with van der Waals surface area (Å²) in [4.78, 5) is 12.7. The van der Waals surface area contributed by atoms with Gasteiger partial charge in [0.25, 0.3) is 5.91 Å². The van der Waals surface area contributed by atoms with E-state index in [9.17, 15) is 13.2 Å². The predicted molar refractivity (Wildman–Crippen MR) is 105 cm³/mol. The minimum Gasteiger partial charge on any atom is -0.495 e. The van der Waals surface area contributed by atoms with Crippen molar-refractivity contribution in [3.8, 4) is 5.75 Å². The van der Waals surface area contributed by atoms with E-state index < -0.39 is 10.0 Å². The maximum atomic E-state index is 12.8. The fraction of sp³-hybridized carbons (Fsp3) is 0.350. The zero-order chi connectivity index (χ0) is 19.4. The molecule has 0 radical (unpaired) electrons. The first kappa shape index (κ1) is 19.4. The van der Waals surface area contributed by atoms with Crippen LogP contribution in [0.25, 0.3) is 0 Å². The SMILES string of the molecule is COc1ccccc1NC(=O)c1ccc(S(=O)(=O)N2CCC[C@H](C)C2)cc1. The summed E-state index contributed by atoms with van der Waals surface area (Å²) in [6.07, 6.45) is 1.92. The second-order valence-corrected chi connectivity index (χ2v) is 8.73. The number of hydrogen-bond donors (Lipinski definition) is 1. The highest BCUT2D eigenvalue weighted by atomic mass is 32.2. The molecule has 0 aliphatic carbocycles. The minimum absolute atomic E-state index is 0.213. The van der Waals surface area contributed by atoms with Gasteiger partial charge in [0.15, 0.2) is 0 Å². The number of ether oxygens (including phenoxy) is 1. The topological polar surface area (TPSA) is 75.7 Å². The Balaban J connectivity index is 1.75. The molecule has 144 valence electrons. The Labute approximate surface area is 160 Å². The molecule has 0 bridgehead atoms. The van der Waals surface area contributed by atoms with E-state index in [1.165, 1.54) is 35.7 Å². The fourth-order valence-electron chi connectivity index (χ4n) is 3.23. The van der Waals surface area contributed by atoms with Crippen molar-refractivity contribution >= 4 is 21.6 Å². The number of nitrogens with one attached hydrogen (secondary N) is 1. The van der Waals surface area contributed by atoms with Gasteiger partial charge < -0.3 is 10.1 Å². The van der Waals surface area contributed by atoms with Crippen LogP contribution < -0.4 is 10.1 Å². The number of amides is 1. The second kappa shape index (κ2) is 8.10. The maximum absolute atomic E-state index is 12.8. The molecular formula is C20H24N2O4S. The Kier molecular flexibility index (Phi) is 5.82. The first-order valence-electron chi connectivity index (χ1n) is 8.96. The molecule has 1 aliphatic rings.